The molecule has 1 saturated carbocycles. The first kappa shape index (κ1) is 18.2. The minimum absolute atomic E-state index is 0.0796. The van der Waals surface area contributed by atoms with E-state index in [0.29, 0.717) is 0 Å². The van der Waals surface area contributed by atoms with Gasteiger partial charge in [0.1, 0.15) is 0 Å². The van der Waals surface area contributed by atoms with Crippen LogP contribution in [-0.2, 0) is 4.79 Å². The highest BCUT2D eigenvalue weighted by Crippen LogP contribution is 2.32. The molecule has 2 fully saturated rings. The summed E-state index contributed by atoms with van der Waals surface area (Å²) in [6, 6.07) is 8.01. The summed E-state index contributed by atoms with van der Waals surface area (Å²) < 4.78 is 0. The average Bonchev–Trinajstić information content (AvgIpc) is 2.62. The third-order valence-corrected chi connectivity index (χ3v) is 5.61. The highest BCUT2D eigenvalue weighted by molar-refractivity contribution is 5.95. The number of rotatable bonds is 5. The minimum Gasteiger partial charge on any atom is -0.389 e. The molecule has 5 nitrogen and oxygen atoms in total. The zero-order valence-corrected chi connectivity index (χ0v) is 15.3. The topological polar surface area (TPSA) is 55.8 Å². The van der Waals surface area contributed by atoms with Crippen LogP contribution in [0, 0.1) is 0 Å². The Kier molecular flexibility index (Phi) is 5.97. The van der Waals surface area contributed by atoms with Gasteiger partial charge in [0.25, 0.3) is 0 Å². The molecular formula is C20H31N3O2. The normalized spacial score (nSPS) is 21.1. The highest BCUT2D eigenvalue weighted by Gasteiger charge is 2.32. The van der Waals surface area contributed by atoms with E-state index in [1.165, 1.54) is 0 Å². The van der Waals surface area contributed by atoms with E-state index in [1.54, 1.807) is 0 Å². The zero-order chi connectivity index (χ0) is 17.7. The molecule has 0 spiro atoms. The molecule has 138 valence electrons. The molecule has 2 N–H and O–H groups in total. The standard InChI is InChI=1S/C20H31N3O2/c1-2-22-12-14-23(15-13-22)18-9-5-4-8-17(18)21-19(24)16-20(25)10-6-3-7-11-20/h4-5,8-9,25H,2-3,6-7,10-16H2,1H3,(H,21,24). The molecule has 0 radical (unpaired) electrons. The monoisotopic (exact) mass is 345 g/mol. The summed E-state index contributed by atoms with van der Waals surface area (Å²) in [7, 11) is 0. The summed E-state index contributed by atoms with van der Waals surface area (Å²) in [5.41, 5.74) is 1.13. The number of aliphatic hydroxyl groups is 1. The Morgan fingerprint density at radius 1 is 1.12 bits per heavy atom. The zero-order valence-electron chi connectivity index (χ0n) is 15.3. The van der Waals surface area contributed by atoms with Crippen LogP contribution in [0.3, 0.4) is 0 Å². The Balaban J connectivity index is 1.63. The third kappa shape index (κ3) is 4.73. The van der Waals surface area contributed by atoms with E-state index in [0.717, 1.165) is 76.2 Å². The van der Waals surface area contributed by atoms with Crippen molar-refractivity contribution in [3.8, 4) is 0 Å². The van der Waals surface area contributed by atoms with Crippen molar-refractivity contribution in [1.82, 2.24) is 4.90 Å². The molecule has 0 unspecified atom stereocenters. The van der Waals surface area contributed by atoms with Crippen LogP contribution in [0.1, 0.15) is 45.4 Å². The fourth-order valence-corrected chi connectivity index (χ4v) is 4.04. The molecule has 0 bridgehead atoms. The van der Waals surface area contributed by atoms with E-state index in [2.05, 4.69) is 28.1 Å². The number of benzene rings is 1. The van der Waals surface area contributed by atoms with Crippen LogP contribution < -0.4 is 10.2 Å². The average molecular weight is 345 g/mol. The molecule has 1 heterocycles. The van der Waals surface area contributed by atoms with Crippen LogP contribution in [0.2, 0.25) is 0 Å². The van der Waals surface area contributed by atoms with Crippen molar-refractivity contribution in [3.63, 3.8) is 0 Å². The van der Waals surface area contributed by atoms with Crippen molar-refractivity contribution in [2.45, 2.75) is 51.0 Å². The van der Waals surface area contributed by atoms with Gasteiger partial charge in [-0.3, -0.25) is 4.79 Å². The number of anilines is 2. The molecule has 1 aromatic rings. The van der Waals surface area contributed by atoms with E-state index in [4.69, 9.17) is 0 Å². The van der Waals surface area contributed by atoms with Crippen molar-refractivity contribution in [2.75, 3.05) is 42.9 Å². The van der Waals surface area contributed by atoms with E-state index >= 15 is 0 Å². The molecule has 1 amide bonds. The number of para-hydroxylation sites is 2. The number of amides is 1. The van der Waals surface area contributed by atoms with Crippen LogP contribution in [0.25, 0.3) is 0 Å². The number of carbonyl (C=O) groups is 1. The molecule has 1 aliphatic carbocycles. The molecule has 1 aromatic carbocycles. The van der Waals surface area contributed by atoms with Crippen molar-refractivity contribution >= 4 is 17.3 Å². The quantitative estimate of drug-likeness (QED) is 0.862. The first-order valence-electron chi connectivity index (χ1n) is 9.68. The number of carbonyl (C=O) groups excluding carboxylic acids is 1. The lowest BCUT2D eigenvalue weighted by Gasteiger charge is -2.36. The second kappa shape index (κ2) is 8.19. The number of likely N-dealkylation sites (N-methyl/N-ethyl adjacent to an activating group) is 1. The summed E-state index contributed by atoms with van der Waals surface area (Å²) in [6.45, 7) is 7.34. The predicted molar refractivity (Wildman–Crippen MR) is 102 cm³/mol. The summed E-state index contributed by atoms with van der Waals surface area (Å²) in [6.07, 6.45) is 4.87. The van der Waals surface area contributed by atoms with Crippen LogP contribution >= 0.6 is 0 Å². The fraction of sp³-hybridized carbons (Fsp3) is 0.650. The third-order valence-electron chi connectivity index (χ3n) is 5.61. The summed E-state index contributed by atoms with van der Waals surface area (Å²) in [5.74, 6) is -0.0796. The lowest BCUT2D eigenvalue weighted by atomic mass is 9.82. The molecule has 5 heteroatoms. The molecule has 3 rings (SSSR count). The van der Waals surface area contributed by atoms with Crippen molar-refractivity contribution in [1.29, 1.82) is 0 Å². The maximum Gasteiger partial charge on any atom is 0.227 e. The number of nitrogens with zero attached hydrogens (tertiary/aromatic N) is 2. The van der Waals surface area contributed by atoms with Crippen LogP contribution in [0.15, 0.2) is 24.3 Å². The van der Waals surface area contributed by atoms with E-state index in [9.17, 15) is 9.90 Å². The Bertz CT molecular complexity index is 576. The van der Waals surface area contributed by atoms with Gasteiger partial charge in [-0.25, -0.2) is 0 Å². The first-order chi connectivity index (χ1) is 12.1. The van der Waals surface area contributed by atoms with Gasteiger partial charge in [-0.2, -0.15) is 0 Å². The van der Waals surface area contributed by atoms with Crippen molar-refractivity contribution < 1.29 is 9.90 Å². The largest absolute Gasteiger partial charge is 0.389 e. The number of hydrogen-bond acceptors (Lipinski definition) is 4. The van der Waals surface area contributed by atoms with E-state index in [-0.39, 0.29) is 12.3 Å². The smallest absolute Gasteiger partial charge is 0.227 e. The Morgan fingerprint density at radius 3 is 2.48 bits per heavy atom. The lowest BCUT2D eigenvalue weighted by Crippen LogP contribution is -2.46. The second-order valence-electron chi connectivity index (χ2n) is 7.45. The second-order valence-corrected chi connectivity index (χ2v) is 7.45. The predicted octanol–water partition coefficient (Wildman–Crippen LogP) is 2.85. The Hall–Kier alpha value is -1.59. The molecule has 1 saturated heterocycles. The van der Waals surface area contributed by atoms with Gasteiger partial charge in [0.05, 0.1) is 23.4 Å². The highest BCUT2D eigenvalue weighted by atomic mass is 16.3. The van der Waals surface area contributed by atoms with Crippen molar-refractivity contribution in [2.24, 2.45) is 0 Å². The van der Waals surface area contributed by atoms with Crippen LogP contribution in [0.4, 0.5) is 11.4 Å². The van der Waals surface area contributed by atoms with Gasteiger partial charge in [-0.15, -0.1) is 0 Å². The van der Waals surface area contributed by atoms with E-state index < -0.39 is 5.60 Å². The van der Waals surface area contributed by atoms with Gasteiger partial charge >= 0.3 is 0 Å². The lowest BCUT2D eigenvalue weighted by molar-refractivity contribution is -0.122. The maximum absolute atomic E-state index is 12.5. The van der Waals surface area contributed by atoms with Gasteiger partial charge in [0.15, 0.2) is 0 Å². The van der Waals surface area contributed by atoms with Crippen LogP contribution in [-0.4, -0.2) is 54.2 Å². The molecule has 1 aliphatic heterocycles. The summed E-state index contributed by atoms with van der Waals surface area (Å²) in [4.78, 5) is 17.3. The first-order valence-corrected chi connectivity index (χ1v) is 9.68. The molecule has 25 heavy (non-hydrogen) atoms. The maximum atomic E-state index is 12.5. The number of nitrogens with one attached hydrogen (secondary N) is 1. The Morgan fingerprint density at radius 2 is 1.80 bits per heavy atom. The van der Waals surface area contributed by atoms with Gasteiger partial charge in [-0.05, 0) is 31.5 Å². The minimum atomic E-state index is -0.815. The van der Waals surface area contributed by atoms with Gasteiger partial charge in [0, 0.05) is 26.2 Å². The van der Waals surface area contributed by atoms with Crippen molar-refractivity contribution in [3.05, 3.63) is 24.3 Å². The SMILES string of the molecule is CCN1CCN(c2ccccc2NC(=O)CC2(O)CCCCC2)CC1. The number of piperazine rings is 1. The molecule has 0 atom stereocenters. The van der Waals surface area contributed by atoms with Gasteiger partial charge in [0.2, 0.25) is 5.91 Å². The number of hydrogen-bond donors (Lipinski definition) is 2. The molecular weight excluding hydrogens is 314 g/mol. The van der Waals surface area contributed by atoms with Gasteiger partial charge < -0.3 is 20.2 Å². The summed E-state index contributed by atoms with van der Waals surface area (Å²) in [5, 5.41) is 13.7. The summed E-state index contributed by atoms with van der Waals surface area (Å²) >= 11 is 0. The van der Waals surface area contributed by atoms with E-state index in [1.807, 2.05) is 18.2 Å². The Labute approximate surface area is 151 Å². The molecule has 2 aliphatic rings. The molecule has 0 aromatic heterocycles. The van der Waals surface area contributed by atoms with Gasteiger partial charge in [-0.1, -0.05) is 38.3 Å². The van der Waals surface area contributed by atoms with Crippen LogP contribution in [0.5, 0.6) is 0 Å². The fourth-order valence-electron chi connectivity index (χ4n) is 4.04.